The Morgan fingerprint density at radius 2 is 2.15 bits per heavy atom. The van der Waals surface area contributed by atoms with Gasteiger partial charge in [-0.1, -0.05) is 25.1 Å². The van der Waals surface area contributed by atoms with Gasteiger partial charge < -0.3 is 4.90 Å². The standard InChI is InChI=1S/C20H20FN3O2S/c1-2-15-9-16-19(27-15)22-12-23(20(16)26)11-18(25)24(14-7-8-14)10-13-5-3-4-6-17(13)21/h3-6,9,12,14H,2,7-8,10-11H2,1H3. The molecule has 7 heteroatoms. The lowest BCUT2D eigenvalue weighted by molar-refractivity contribution is -0.133. The van der Waals surface area contributed by atoms with Gasteiger partial charge in [-0.25, -0.2) is 9.37 Å². The number of nitrogens with zero attached hydrogens (tertiary/aromatic N) is 3. The molecule has 0 unspecified atom stereocenters. The van der Waals surface area contributed by atoms with Crippen molar-refractivity contribution >= 4 is 27.5 Å². The Morgan fingerprint density at radius 3 is 2.85 bits per heavy atom. The number of carbonyl (C=O) groups is 1. The van der Waals surface area contributed by atoms with Gasteiger partial charge in [0.25, 0.3) is 5.56 Å². The number of aromatic nitrogens is 2. The number of fused-ring (bicyclic) bond motifs is 1. The molecule has 1 aromatic carbocycles. The number of thiophene rings is 1. The quantitative estimate of drug-likeness (QED) is 0.654. The molecule has 1 aliphatic carbocycles. The van der Waals surface area contributed by atoms with Crippen LogP contribution in [0.25, 0.3) is 10.2 Å². The molecular weight excluding hydrogens is 365 g/mol. The Labute approximate surface area is 160 Å². The molecule has 4 rings (SSSR count). The molecule has 0 N–H and O–H groups in total. The molecule has 1 saturated carbocycles. The molecule has 5 nitrogen and oxygen atoms in total. The summed E-state index contributed by atoms with van der Waals surface area (Å²) in [6.07, 6.45) is 4.11. The van der Waals surface area contributed by atoms with Crippen molar-refractivity contribution in [3.8, 4) is 0 Å². The molecule has 0 radical (unpaired) electrons. The van der Waals surface area contributed by atoms with Crippen molar-refractivity contribution in [2.75, 3.05) is 0 Å². The summed E-state index contributed by atoms with van der Waals surface area (Å²) in [5, 5.41) is 0.555. The van der Waals surface area contributed by atoms with Crippen LogP contribution in [-0.4, -0.2) is 26.4 Å². The second-order valence-electron chi connectivity index (χ2n) is 6.81. The number of aryl methyl sites for hydroxylation is 1. The highest BCUT2D eigenvalue weighted by Gasteiger charge is 2.33. The molecule has 0 bridgehead atoms. The lowest BCUT2D eigenvalue weighted by Crippen LogP contribution is -2.37. The van der Waals surface area contributed by atoms with E-state index < -0.39 is 0 Å². The molecular formula is C20H20FN3O2S. The first-order valence-electron chi connectivity index (χ1n) is 9.07. The van der Waals surface area contributed by atoms with Crippen molar-refractivity contribution in [2.45, 2.75) is 45.3 Å². The summed E-state index contributed by atoms with van der Waals surface area (Å²) < 4.78 is 15.4. The number of benzene rings is 1. The Kier molecular flexibility index (Phi) is 4.78. The van der Waals surface area contributed by atoms with Gasteiger partial charge in [-0.15, -0.1) is 11.3 Å². The monoisotopic (exact) mass is 385 g/mol. The summed E-state index contributed by atoms with van der Waals surface area (Å²) in [6, 6.07) is 8.46. The smallest absolute Gasteiger partial charge is 0.262 e. The summed E-state index contributed by atoms with van der Waals surface area (Å²) in [5.74, 6) is -0.503. The minimum Gasteiger partial charge on any atom is -0.334 e. The van der Waals surface area contributed by atoms with Gasteiger partial charge in [-0.2, -0.15) is 0 Å². The van der Waals surface area contributed by atoms with Crippen molar-refractivity contribution in [1.29, 1.82) is 0 Å². The zero-order valence-electron chi connectivity index (χ0n) is 15.0. The SMILES string of the molecule is CCc1cc2c(=O)n(CC(=O)N(Cc3ccccc3F)C3CC3)cnc2s1. The lowest BCUT2D eigenvalue weighted by Gasteiger charge is -2.23. The van der Waals surface area contributed by atoms with Crippen molar-refractivity contribution in [1.82, 2.24) is 14.5 Å². The molecule has 0 saturated heterocycles. The van der Waals surface area contributed by atoms with Gasteiger partial charge in [0.1, 0.15) is 17.2 Å². The Balaban J connectivity index is 1.58. The van der Waals surface area contributed by atoms with E-state index in [9.17, 15) is 14.0 Å². The molecule has 1 fully saturated rings. The number of hydrogen-bond donors (Lipinski definition) is 0. The summed E-state index contributed by atoms with van der Waals surface area (Å²) >= 11 is 1.50. The zero-order valence-corrected chi connectivity index (χ0v) is 15.8. The maximum Gasteiger partial charge on any atom is 0.262 e. The van der Waals surface area contributed by atoms with Crippen LogP contribution in [0.1, 0.15) is 30.2 Å². The Hall–Kier alpha value is -2.54. The lowest BCUT2D eigenvalue weighted by atomic mass is 10.2. The maximum atomic E-state index is 14.0. The second-order valence-corrected chi connectivity index (χ2v) is 7.92. The van der Waals surface area contributed by atoms with Gasteiger partial charge in [0.05, 0.1) is 11.7 Å². The maximum absolute atomic E-state index is 14.0. The van der Waals surface area contributed by atoms with E-state index in [1.807, 2.05) is 13.0 Å². The van der Waals surface area contributed by atoms with Crippen LogP contribution in [0.3, 0.4) is 0 Å². The highest BCUT2D eigenvalue weighted by molar-refractivity contribution is 7.18. The fourth-order valence-corrected chi connectivity index (χ4v) is 4.08. The van der Waals surface area contributed by atoms with Crippen LogP contribution in [-0.2, 0) is 24.3 Å². The van der Waals surface area contributed by atoms with Crippen LogP contribution >= 0.6 is 11.3 Å². The third kappa shape index (κ3) is 3.64. The molecule has 1 aliphatic rings. The van der Waals surface area contributed by atoms with E-state index in [0.717, 1.165) is 24.1 Å². The Morgan fingerprint density at radius 1 is 1.37 bits per heavy atom. The normalized spacial score (nSPS) is 13.9. The predicted molar refractivity (Wildman–Crippen MR) is 103 cm³/mol. The number of hydrogen-bond acceptors (Lipinski definition) is 4. The topological polar surface area (TPSA) is 55.2 Å². The van der Waals surface area contributed by atoms with Crippen LogP contribution in [0.4, 0.5) is 4.39 Å². The van der Waals surface area contributed by atoms with Gasteiger partial charge in [0, 0.05) is 23.0 Å². The highest BCUT2D eigenvalue weighted by atomic mass is 32.1. The first-order chi connectivity index (χ1) is 13.1. The summed E-state index contributed by atoms with van der Waals surface area (Å²) in [5.41, 5.74) is 0.287. The summed E-state index contributed by atoms with van der Waals surface area (Å²) in [7, 11) is 0. The van der Waals surface area contributed by atoms with E-state index in [-0.39, 0.29) is 36.4 Å². The minimum atomic E-state index is -0.318. The van der Waals surface area contributed by atoms with E-state index in [2.05, 4.69) is 4.98 Å². The molecule has 0 aliphatic heterocycles. The number of rotatable bonds is 6. The van der Waals surface area contributed by atoms with Crippen molar-refractivity contribution < 1.29 is 9.18 Å². The van der Waals surface area contributed by atoms with Crippen molar-refractivity contribution in [3.05, 3.63) is 63.3 Å². The minimum absolute atomic E-state index is 0.0793. The number of carbonyl (C=O) groups excluding carboxylic acids is 1. The first-order valence-corrected chi connectivity index (χ1v) is 9.89. The van der Waals surface area contributed by atoms with Crippen LogP contribution in [0, 0.1) is 5.82 Å². The van der Waals surface area contributed by atoms with E-state index >= 15 is 0 Å². The fraction of sp³-hybridized carbons (Fsp3) is 0.350. The van der Waals surface area contributed by atoms with Gasteiger partial charge >= 0.3 is 0 Å². The van der Waals surface area contributed by atoms with Crippen molar-refractivity contribution in [2.24, 2.45) is 0 Å². The number of halogens is 1. The summed E-state index contributed by atoms with van der Waals surface area (Å²) in [6.45, 7) is 2.17. The molecule has 3 aromatic rings. The van der Waals surface area contributed by atoms with Crippen LogP contribution in [0.5, 0.6) is 0 Å². The highest BCUT2D eigenvalue weighted by Crippen LogP contribution is 2.29. The van der Waals surface area contributed by atoms with Gasteiger partial charge in [-0.05, 0) is 31.4 Å². The van der Waals surface area contributed by atoms with Gasteiger partial charge in [0.15, 0.2) is 0 Å². The molecule has 140 valence electrons. The van der Waals surface area contributed by atoms with E-state index in [1.165, 1.54) is 28.3 Å². The molecule has 1 amide bonds. The van der Waals surface area contributed by atoms with Gasteiger partial charge in [0.2, 0.25) is 5.91 Å². The molecule has 2 heterocycles. The summed E-state index contributed by atoms with van der Waals surface area (Å²) in [4.78, 5) is 33.4. The fourth-order valence-electron chi connectivity index (χ4n) is 3.15. The van der Waals surface area contributed by atoms with Crippen LogP contribution in [0.15, 0.2) is 41.5 Å². The molecule has 0 atom stereocenters. The van der Waals surface area contributed by atoms with E-state index in [1.54, 1.807) is 23.1 Å². The second kappa shape index (κ2) is 7.23. The third-order valence-electron chi connectivity index (χ3n) is 4.83. The molecule has 0 spiro atoms. The molecule has 2 aromatic heterocycles. The van der Waals surface area contributed by atoms with E-state index in [4.69, 9.17) is 0 Å². The predicted octanol–water partition coefficient (Wildman–Crippen LogP) is 3.35. The Bertz CT molecular complexity index is 1050. The largest absolute Gasteiger partial charge is 0.334 e. The van der Waals surface area contributed by atoms with E-state index in [0.29, 0.717) is 15.8 Å². The van der Waals surface area contributed by atoms with Crippen LogP contribution in [0.2, 0.25) is 0 Å². The zero-order chi connectivity index (χ0) is 19.0. The molecule has 27 heavy (non-hydrogen) atoms. The number of amides is 1. The van der Waals surface area contributed by atoms with Crippen LogP contribution < -0.4 is 5.56 Å². The average Bonchev–Trinajstić information content (AvgIpc) is 3.41. The first kappa shape index (κ1) is 17.9. The third-order valence-corrected chi connectivity index (χ3v) is 6.02. The van der Waals surface area contributed by atoms with Gasteiger partial charge in [-0.3, -0.25) is 14.2 Å². The van der Waals surface area contributed by atoms with Crippen molar-refractivity contribution in [3.63, 3.8) is 0 Å². The average molecular weight is 385 g/mol.